The van der Waals surface area contributed by atoms with Gasteiger partial charge in [-0.05, 0) is 49.8 Å². The Labute approximate surface area is 155 Å². The van der Waals surface area contributed by atoms with Crippen LogP contribution in [0.2, 0.25) is 5.02 Å². The fraction of sp³-hybridized carbons (Fsp3) is 0.611. The number of sulfonamides is 1. The van der Waals surface area contributed by atoms with Gasteiger partial charge < -0.3 is 4.90 Å². The van der Waals surface area contributed by atoms with Gasteiger partial charge in [-0.15, -0.1) is 0 Å². The lowest BCUT2D eigenvalue weighted by Gasteiger charge is -2.31. The van der Waals surface area contributed by atoms with Gasteiger partial charge in [-0.1, -0.05) is 24.9 Å². The van der Waals surface area contributed by atoms with Gasteiger partial charge in [0.15, 0.2) is 0 Å². The van der Waals surface area contributed by atoms with Gasteiger partial charge in [0, 0.05) is 26.2 Å². The molecule has 0 saturated carbocycles. The monoisotopic (exact) mass is 384 g/mol. The second-order valence-electron chi connectivity index (χ2n) is 7.10. The Kier molecular flexibility index (Phi) is 5.71. The van der Waals surface area contributed by atoms with Gasteiger partial charge in [-0.25, -0.2) is 8.42 Å². The molecule has 5 nitrogen and oxygen atoms in total. The standard InChI is InChI=1S/C18H25ClN2O3S/c1-14-6-5-9-20(13-14)18(22)16-12-15(7-8-17(16)19)25(23,24)21-10-3-2-4-11-21/h7-8,12,14H,2-6,9-11,13H2,1H3. The first-order valence-corrected chi connectivity index (χ1v) is 10.8. The van der Waals surface area contributed by atoms with Crippen molar-refractivity contribution in [2.75, 3.05) is 26.2 Å². The Balaban J connectivity index is 1.88. The van der Waals surface area contributed by atoms with Crippen LogP contribution >= 0.6 is 11.6 Å². The van der Waals surface area contributed by atoms with E-state index in [1.54, 1.807) is 4.90 Å². The second-order valence-corrected chi connectivity index (χ2v) is 9.45. The Morgan fingerprint density at radius 1 is 1.12 bits per heavy atom. The Bertz CT molecular complexity index is 745. The molecular formula is C18H25ClN2O3S. The lowest BCUT2D eigenvalue weighted by atomic mass is 9.99. The van der Waals surface area contributed by atoms with Crippen LogP contribution in [-0.4, -0.2) is 49.7 Å². The van der Waals surface area contributed by atoms with Crippen LogP contribution in [0.15, 0.2) is 23.1 Å². The number of carbonyl (C=O) groups excluding carboxylic acids is 1. The third kappa shape index (κ3) is 4.01. The van der Waals surface area contributed by atoms with Gasteiger partial charge in [0.1, 0.15) is 0 Å². The van der Waals surface area contributed by atoms with Crippen LogP contribution in [0.3, 0.4) is 0 Å². The van der Waals surface area contributed by atoms with E-state index in [4.69, 9.17) is 11.6 Å². The zero-order valence-electron chi connectivity index (χ0n) is 14.6. The van der Waals surface area contributed by atoms with Gasteiger partial charge in [-0.2, -0.15) is 4.31 Å². The molecule has 7 heteroatoms. The maximum absolute atomic E-state index is 12.9. The number of hydrogen-bond acceptors (Lipinski definition) is 3. The van der Waals surface area contributed by atoms with Crippen molar-refractivity contribution in [3.05, 3.63) is 28.8 Å². The zero-order chi connectivity index (χ0) is 18.0. The van der Waals surface area contributed by atoms with E-state index in [-0.39, 0.29) is 16.4 Å². The van der Waals surface area contributed by atoms with E-state index >= 15 is 0 Å². The number of hydrogen-bond donors (Lipinski definition) is 0. The first kappa shape index (κ1) is 18.7. The summed E-state index contributed by atoms with van der Waals surface area (Å²) < 4.78 is 27.2. The van der Waals surface area contributed by atoms with Gasteiger partial charge in [-0.3, -0.25) is 4.79 Å². The summed E-state index contributed by atoms with van der Waals surface area (Å²) in [5.74, 6) is 0.281. The van der Waals surface area contributed by atoms with E-state index in [1.165, 1.54) is 22.5 Å². The average Bonchev–Trinajstić information content (AvgIpc) is 2.62. The van der Waals surface area contributed by atoms with Gasteiger partial charge in [0.25, 0.3) is 5.91 Å². The molecule has 138 valence electrons. The minimum Gasteiger partial charge on any atom is -0.338 e. The number of rotatable bonds is 3. The first-order chi connectivity index (χ1) is 11.9. The predicted octanol–water partition coefficient (Wildman–Crippen LogP) is 3.39. The molecule has 3 rings (SSSR count). The fourth-order valence-corrected chi connectivity index (χ4v) is 5.37. The van der Waals surface area contributed by atoms with Crippen molar-refractivity contribution in [1.82, 2.24) is 9.21 Å². The lowest BCUT2D eigenvalue weighted by molar-refractivity contribution is 0.0683. The molecule has 0 aliphatic carbocycles. The highest BCUT2D eigenvalue weighted by molar-refractivity contribution is 7.89. The highest BCUT2D eigenvalue weighted by Crippen LogP contribution is 2.27. The van der Waals surface area contributed by atoms with Crippen molar-refractivity contribution >= 4 is 27.5 Å². The van der Waals surface area contributed by atoms with Crippen LogP contribution < -0.4 is 0 Å². The summed E-state index contributed by atoms with van der Waals surface area (Å²) in [7, 11) is -3.57. The van der Waals surface area contributed by atoms with Crippen molar-refractivity contribution in [2.45, 2.75) is 43.9 Å². The summed E-state index contributed by atoms with van der Waals surface area (Å²) in [5, 5.41) is 0.306. The normalized spacial score (nSPS) is 22.8. The van der Waals surface area contributed by atoms with E-state index in [9.17, 15) is 13.2 Å². The number of nitrogens with zero attached hydrogens (tertiary/aromatic N) is 2. The Hall–Kier alpha value is -1.11. The number of piperidine rings is 2. The minimum absolute atomic E-state index is 0.159. The molecule has 1 unspecified atom stereocenters. The summed E-state index contributed by atoms with van der Waals surface area (Å²) in [6.45, 7) is 4.59. The van der Waals surface area contributed by atoms with Crippen molar-refractivity contribution < 1.29 is 13.2 Å². The summed E-state index contributed by atoms with van der Waals surface area (Å²) in [6, 6.07) is 4.48. The van der Waals surface area contributed by atoms with E-state index < -0.39 is 10.0 Å². The molecule has 2 aliphatic heterocycles. The van der Waals surface area contributed by atoms with Crippen molar-refractivity contribution in [3.8, 4) is 0 Å². The van der Waals surface area contributed by atoms with Gasteiger partial charge in [0.05, 0.1) is 15.5 Å². The molecule has 0 radical (unpaired) electrons. The predicted molar refractivity (Wildman–Crippen MR) is 98.4 cm³/mol. The highest BCUT2D eigenvalue weighted by Gasteiger charge is 2.29. The molecule has 0 aromatic heterocycles. The number of carbonyl (C=O) groups is 1. The van der Waals surface area contributed by atoms with Crippen LogP contribution in [0.1, 0.15) is 49.4 Å². The molecule has 0 spiro atoms. The summed E-state index contributed by atoms with van der Waals surface area (Å²) in [4.78, 5) is 14.8. The van der Waals surface area contributed by atoms with Crippen LogP contribution in [0.5, 0.6) is 0 Å². The molecule has 25 heavy (non-hydrogen) atoms. The lowest BCUT2D eigenvalue weighted by Crippen LogP contribution is -2.39. The maximum atomic E-state index is 12.9. The number of likely N-dealkylation sites (tertiary alicyclic amines) is 1. The molecule has 1 atom stereocenters. The molecule has 0 bridgehead atoms. The van der Waals surface area contributed by atoms with Crippen molar-refractivity contribution in [3.63, 3.8) is 0 Å². The molecule has 1 aromatic rings. The zero-order valence-corrected chi connectivity index (χ0v) is 16.2. The smallest absolute Gasteiger partial charge is 0.255 e. The minimum atomic E-state index is -3.57. The van der Waals surface area contributed by atoms with Crippen LogP contribution in [0.4, 0.5) is 0 Å². The van der Waals surface area contributed by atoms with E-state index in [1.807, 2.05) is 0 Å². The van der Waals surface area contributed by atoms with E-state index in [2.05, 4.69) is 6.92 Å². The molecule has 2 saturated heterocycles. The number of benzene rings is 1. The Morgan fingerprint density at radius 3 is 2.52 bits per heavy atom. The second kappa shape index (κ2) is 7.64. The Morgan fingerprint density at radius 2 is 1.84 bits per heavy atom. The van der Waals surface area contributed by atoms with Crippen molar-refractivity contribution in [1.29, 1.82) is 0 Å². The molecule has 0 N–H and O–H groups in total. The van der Waals surface area contributed by atoms with E-state index in [0.29, 0.717) is 37.1 Å². The summed E-state index contributed by atoms with van der Waals surface area (Å²) in [6.07, 6.45) is 4.90. The average molecular weight is 385 g/mol. The summed E-state index contributed by atoms with van der Waals surface area (Å²) >= 11 is 6.23. The SMILES string of the molecule is CC1CCCN(C(=O)c2cc(S(=O)(=O)N3CCCCC3)ccc2Cl)C1. The van der Waals surface area contributed by atoms with Crippen molar-refractivity contribution in [2.24, 2.45) is 5.92 Å². The van der Waals surface area contributed by atoms with Gasteiger partial charge in [0.2, 0.25) is 10.0 Å². The van der Waals surface area contributed by atoms with Crippen LogP contribution in [-0.2, 0) is 10.0 Å². The topological polar surface area (TPSA) is 57.7 Å². The number of halogens is 1. The maximum Gasteiger partial charge on any atom is 0.255 e. The van der Waals surface area contributed by atoms with E-state index in [0.717, 1.165) is 32.1 Å². The van der Waals surface area contributed by atoms with Gasteiger partial charge >= 0.3 is 0 Å². The summed E-state index contributed by atoms with van der Waals surface area (Å²) in [5.41, 5.74) is 0.286. The molecule has 2 heterocycles. The van der Waals surface area contributed by atoms with Crippen LogP contribution in [0.25, 0.3) is 0 Å². The third-order valence-corrected chi connectivity index (χ3v) is 7.29. The quantitative estimate of drug-likeness (QED) is 0.802. The number of amides is 1. The molecule has 1 aromatic carbocycles. The molecule has 2 fully saturated rings. The molecule has 1 amide bonds. The largest absolute Gasteiger partial charge is 0.338 e. The molecule has 2 aliphatic rings. The first-order valence-electron chi connectivity index (χ1n) is 8.98. The molecular weight excluding hydrogens is 360 g/mol. The fourth-order valence-electron chi connectivity index (χ4n) is 3.63. The van der Waals surface area contributed by atoms with Crippen LogP contribution in [0, 0.1) is 5.92 Å². The third-order valence-electron chi connectivity index (χ3n) is 5.07. The highest BCUT2D eigenvalue weighted by atomic mass is 35.5.